The molecule has 5 nitrogen and oxygen atoms in total. The first-order valence-corrected chi connectivity index (χ1v) is 9.26. The molecule has 2 amide bonds. The number of carbonyl (C=O) groups excluding carboxylic acids is 2. The molecule has 158 valence electrons. The number of hydrogen-bond acceptors (Lipinski definition) is 4. The van der Waals surface area contributed by atoms with E-state index in [1.54, 1.807) is 24.3 Å². The largest absolute Gasteiger partial charge is 0.502 e. The van der Waals surface area contributed by atoms with Crippen molar-refractivity contribution in [3.05, 3.63) is 71.0 Å². The molecule has 0 unspecified atom stereocenters. The zero-order valence-corrected chi connectivity index (χ0v) is 16.4. The average molecular weight is 419 g/mol. The summed E-state index contributed by atoms with van der Waals surface area (Å²) in [5.41, 5.74) is -0.636. The lowest BCUT2D eigenvalue weighted by Gasteiger charge is -2.16. The summed E-state index contributed by atoms with van der Waals surface area (Å²) in [4.78, 5) is 25.9. The highest BCUT2D eigenvalue weighted by atomic mass is 19.4. The molecule has 0 bridgehead atoms. The zero-order chi connectivity index (χ0) is 22.1. The molecular formula is C22H20F3NO4. The second-order valence-corrected chi connectivity index (χ2v) is 7.35. The summed E-state index contributed by atoms with van der Waals surface area (Å²) in [6.07, 6.45) is -4.54. The van der Waals surface area contributed by atoms with Crippen molar-refractivity contribution in [2.24, 2.45) is 5.92 Å². The summed E-state index contributed by atoms with van der Waals surface area (Å²) in [5, 5.41) is 10.2. The highest BCUT2D eigenvalue weighted by Gasteiger charge is 2.39. The van der Waals surface area contributed by atoms with Gasteiger partial charge in [-0.15, -0.1) is 0 Å². The van der Waals surface area contributed by atoms with Gasteiger partial charge in [0.15, 0.2) is 5.76 Å². The first-order chi connectivity index (χ1) is 14.1. The Morgan fingerprint density at radius 3 is 2.30 bits per heavy atom. The number of amides is 2. The molecule has 30 heavy (non-hydrogen) atoms. The summed E-state index contributed by atoms with van der Waals surface area (Å²) in [5.74, 6) is -1.55. The van der Waals surface area contributed by atoms with Crippen molar-refractivity contribution in [3.8, 4) is 5.75 Å². The minimum Gasteiger partial charge on any atom is -0.502 e. The standard InChI is InChI=1S/C22H20F3NO4/c1-13(2)12-30-17-8-6-15(7-9-17)18-19(27)21(29)26(20(18)28)11-14-4-3-5-16(10-14)22(23,24)25/h3-10,13,27H,11-12H2,1-2H3. The van der Waals surface area contributed by atoms with E-state index in [4.69, 9.17) is 4.74 Å². The van der Waals surface area contributed by atoms with Crippen molar-refractivity contribution in [2.45, 2.75) is 26.6 Å². The van der Waals surface area contributed by atoms with Gasteiger partial charge >= 0.3 is 6.18 Å². The number of carbonyl (C=O) groups is 2. The molecule has 3 rings (SSSR count). The van der Waals surface area contributed by atoms with Gasteiger partial charge in [-0.25, -0.2) is 0 Å². The van der Waals surface area contributed by atoms with Gasteiger partial charge in [0.25, 0.3) is 11.8 Å². The van der Waals surface area contributed by atoms with Crippen LogP contribution in [0.5, 0.6) is 5.75 Å². The van der Waals surface area contributed by atoms with Crippen LogP contribution in [0.1, 0.15) is 30.5 Å². The van der Waals surface area contributed by atoms with Gasteiger partial charge in [-0.1, -0.05) is 38.1 Å². The number of alkyl halides is 3. The Hall–Kier alpha value is -3.29. The van der Waals surface area contributed by atoms with Crippen LogP contribution in [0.25, 0.3) is 5.57 Å². The molecule has 0 aromatic heterocycles. The summed E-state index contributed by atoms with van der Waals surface area (Å²) < 4.78 is 44.3. The van der Waals surface area contributed by atoms with Crippen molar-refractivity contribution >= 4 is 17.4 Å². The summed E-state index contributed by atoms with van der Waals surface area (Å²) in [6, 6.07) is 10.7. The maximum Gasteiger partial charge on any atom is 0.416 e. The number of ether oxygens (including phenoxy) is 1. The fraction of sp³-hybridized carbons (Fsp3) is 0.273. The number of nitrogens with zero attached hydrogens (tertiary/aromatic N) is 1. The zero-order valence-electron chi connectivity index (χ0n) is 16.4. The minimum absolute atomic E-state index is 0.123. The topological polar surface area (TPSA) is 66.8 Å². The maximum atomic E-state index is 12.9. The van der Waals surface area contributed by atoms with Gasteiger partial charge < -0.3 is 9.84 Å². The fourth-order valence-electron chi connectivity index (χ4n) is 2.98. The lowest BCUT2D eigenvalue weighted by molar-refractivity contribution is -0.138. The van der Waals surface area contributed by atoms with Crippen LogP contribution < -0.4 is 4.74 Å². The molecule has 8 heteroatoms. The maximum absolute atomic E-state index is 12.9. The number of rotatable bonds is 6. The average Bonchev–Trinajstić information content (AvgIpc) is 2.90. The SMILES string of the molecule is CC(C)COc1ccc(C2=C(O)C(=O)N(Cc3cccc(C(F)(F)F)c3)C2=O)cc1. The van der Waals surface area contributed by atoms with Crippen LogP contribution >= 0.6 is 0 Å². The van der Waals surface area contributed by atoms with E-state index in [9.17, 15) is 27.9 Å². The van der Waals surface area contributed by atoms with Crippen LogP contribution in [-0.4, -0.2) is 28.4 Å². The Labute approximate surface area is 171 Å². The highest BCUT2D eigenvalue weighted by Crippen LogP contribution is 2.32. The number of halogens is 3. The van der Waals surface area contributed by atoms with Crippen molar-refractivity contribution < 1.29 is 32.6 Å². The molecule has 1 aliphatic rings. The minimum atomic E-state index is -4.54. The van der Waals surface area contributed by atoms with Gasteiger partial charge in [-0.2, -0.15) is 13.2 Å². The third kappa shape index (κ3) is 4.48. The number of benzene rings is 2. The van der Waals surface area contributed by atoms with Gasteiger partial charge in [-0.05, 0) is 41.3 Å². The first-order valence-electron chi connectivity index (χ1n) is 9.26. The number of imide groups is 1. The molecule has 0 saturated carbocycles. The van der Waals surface area contributed by atoms with Crippen LogP contribution in [0.2, 0.25) is 0 Å². The van der Waals surface area contributed by atoms with Crippen molar-refractivity contribution in [3.63, 3.8) is 0 Å². The molecule has 0 fully saturated rings. The van der Waals surface area contributed by atoms with E-state index in [2.05, 4.69) is 0 Å². The van der Waals surface area contributed by atoms with E-state index in [1.807, 2.05) is 13.8 Å². The van der Waals surface area contributed by atoms with Crippen molar-refractivity contribution in [1.82, 2.24) is 4.90 Å². The first kappa shape index (κ1) is 21.4. The van der Waals surface area contributed by atoms with E-state index in [0.29, 0.717) is 23.8 Å². The second-order valence-electron chi connectivity index (χ2n) is 7.35. The molecule has 1 aliphatic heterocycles. The predicted molar refractivity (Wildman–Crippen MR) is 103 cm³/mol. The van der Waals surface area contributed by atoms with Gasteiger partial charge in [-0.3, -0.25) is 14.5 Å². The molecule has 0 saturated heterocycles. The van der Waals surface area contributed by atoms with E-state index in [1.165, 1.54) is 12.1 Å². The number of aliphatic hydroxyl groups excluding tert-OH is 1. The Kier molecular flexibility index (Phi) is 5.87. The Morgan fingerprint density at radius 2 is 1.70 bits per heavy atom. The predicted octanol–water partition coefficient (Wildman–Crippen LogP) is 4.58. The third-order valence-corrected chi connectivity index (χ3v) is 4.46. The van der Waals surface area contributed by atoms with E-state index < -0.39 is 29.3 Å². The van der Waals surface area contributed by atoms with Crippen LogP contribution in [0.3, 0.4) is 0 Å². The molecule has 0 radical (unpaired) electrons. The van der Waals surface area contributed by atoms with E-state index in [0.717, 1.165) is 17.0 Å². The van der Waals surface area contributed by atoms with Gasteiger partial charge in [0.1, 0.15) is 5.75 Å². The van der Waals surface area contributed by atoms with Gasteiger partial charge in [0.2, 0.25) is 0 Å². The quantitative estimate of drug-likeness (QED) is 0.696. The molecule has 1 heterocycles. The Balaban J connectivity index is 1.80. The fourth-order valence-corrected chi connectivity index (χ4v) is 2.98. The number of hydrogen-bond donors (Lipinski definition) is 1. The molecular weight excluding hydrogens is 399 g/mol. The van der Waals surface area contributed by atoms with Gasteiger partial charge in [0.05, 0.1) is 24.3 Å². The van der Waals surface area contributed by atoms with Crippen LogP contribution in [0.4, 0.5) is 13.2 Å². The van der Waals surface area contributed by atoms with Gasteiger partial charge in [0, 0.05) is 0 Å². The second kappa shape index (κ2) is 8.22. The van der Waals surface area contributed by atoms with E-state index in [-0.39, 0.29) is 17.7 Å². The molecule has 2 aromatic carbocycles. The van der Waals surface area contributed by atoms with Crippen molar-refractivity contribution in [1.29, 1.82) is 0 Å². The number of aliphatic hydroxyl groups is 1. The van der Waals surface area contributed by atoms with Crippen LogP contribution in [-0.2, 0) is 22.3 Å². The summed E-state index contributed by atoms with van der Waals surface area (Å²) in [6.45, 7) is 4.12. The highest BCUT2D eigenvalue weighted by molar-refractivity contribution is 6.34. The van der Waals surface area contributed by atoms with Crippen LogP contribution in [0.15, 0.2) is 54.3 Å². The third-order valence-electron chi connectivity index (χ3n) is 4.46. The lowest BCUT2D eigenvalue weighted by atomic mass is 10.1. The molecule has 0 atom stereocenters. The lowest BCUT2D eigenvalue weighted by Crippen LogP contribution is -2.31. The summed E-state index contributed by atoms with van der Waals surface area (Å²) in [7, 11) is 0. The van der Waals surface area contributed by atoms with E-state index >= 15 is 0 Å². The Morgan fingerprint density at radius 1 is 1.03 bits per heavy atom. The monoisotopic (exact) mass is 419 g/mol. The molecule has 0 aliphatic carbocycles. The van der Waals surface area contributed by atoms with Crippen LogP contribution in [0, 0.1) is 5.92 Å². The normalized spacial score (nSPS) is 14.8. The molecule has 1 N–H and O–H groups in total. The van der Waals surface area contributed by atoms with Crippen molar-refractivity contribution in [2.75, 3.05) is 6.61 Å². The summed E-state index contributed by atoms with van der Waals surface area (Å²) >= 11 is 0. The Bertz CT molecular complexity index is 994. The molecule has 2 aromatic rings. The molecule has 0 spiro atoms. The smallest absolute Gasteiger partial charge is 0.416 e.